The van der Waals surface area contributed by atoms with Crippen molar-refractivity contribution < 1.29 is 14.2 Å². The monoisotopic (exact) mass is 377 g/mol. The van der Waals surface area contributed by atoms with Gasteiger partial charge in [-0.25, -0.2) is 0 Å². The SMILES string of the molecule is Cc1ccc(-c2cc(NC(=O)C[NH+]3CCN(c4ccccc4)CC3)on2)cc1. The van der Waals surface area contributed by atoms with E-state index in [0.717, 1.165) is 37.4 Å². The highest BCUT2D eigenvalue weighted by Crippen LogP contribution is 2.21. The fourth-order valence-electron chi connectivity index (χ4n) is 3.50. The van der Waals surface area contributed by atoms with Crippen LogP contribution in [0.5, 0.6) is 0 Å². The first-order valence-electron chi connectivity index (χ1n) is 9.64. The van der Waals surface area contributed by atoms with Crippen molar-refractivity contribution in [3.05, 3.63) is 66.2 Å². The number of para-hydroxylation sites is 1. The highest BCUT2D eigenvalue weighted by Gasteiger charge is 2.22. The molecule has 0 spiro atoms. The Morgan fingerprint density at radius 2 is 1.82 bits per heavy atom. The smallest absolute Gasteiger partial charge is 0.281 e. The molecule has 0 radical (unpaired) electrons. The minimum Gasteiger partial charge on any atom is -0.360 e. The average Bonchev–Trinajstić information content (AvgIpc) is 3.18. The van der Waals surface area contributed by atoms with Crippen molar-refractivity contribution in [3.63, 3.8) is 0 Å². The van der Waals surface area contributed by atoms with Gasteiger partial charge in [-0.3, -0.25) is 10.1 Å². The average molecular weight is 377 g/mol. The number of rotatable bonds is 5. The number of nitrogens with one attached hydrogen (secondary N) is 2. The topological polar surface area (TPSA) is 62.8 Å². The second kappa shape index (κ2) is 8.27. The van der Waals surface area contributed by atoms with Gasteiger partial charge in [-0.15, -0.1) is 0 Å². The van der Waals surface area contributed by atoms with Crippen molar-refractivity contribution in [2.75, 3.05) is 42.9 Å². The number of benzene rings is 2. The second-order valence-electron chi connectivity index (χ2n) is 7.24. The van der Waals surface area contributed by atoms with Crippen LogP contribution >= 0.6 is 0 Å². The van der Waals surface area contributed by atoms with Gasteiger partial charge in [0.15, 0.2) is 6.54 Å². The lowest BCUT2D eigenvalue weighted by atomic mass is 10.1. The number of hydrogen-bond acceptors (Lipinski definition) is 4. The number of nitrogens with zero attached hydrogens (tertiary/aromatic N) is 2. The van der Waals surface area contributed by atoms with Gasteiger partial charge in [0, 0.05) is 17.3 Å². The molecule has 1 amide bonds. The third-order valence-electron chi connectivity index (χ3n) is 5.12. The molecule has 4 rings (SSSR count). The highest BCUT2D eigenvalue weighted by molar-refractivity contribution is 5.90. The Morgan fingerprint density at radius 1 is 1.11 bits per heavy atom. The number of hydrogen-bond donors (Lipinski definition) is 2. The number of anilines is 2. The Labute approximate surface area is 164 Å². The predicted molar refractivity (Wildman–Crippen MR) is 110 cm³/mol. The van der Waals surface area contributed by atoms with Gasteiger partial charge in [0.25, 0.3) is 5.91 Å². The van der Waals surface area contributed by atoms with Crippen LogP contribution in [0.1, 0.15) is 5.56 Å². The predicted octanol–water partition coefficient (Wildman–Crippen LogP) is 1.99. The number of carbonyl (C=O) groups excluding carboxylic acids is 1. The summed E-state index contributed by atoms with van der Waals surface area (Å²) in [5.41, 5.74) is 4.13. The van der Waals surface area contributed by atoms with E-state index in [0.29, 0.717) is 12.4 Å². The normalized spacial score (nSPS) is 14.8. The van der Waals surface area contributed by atoms with Crippen LogP contribution in [0.15, 0.2) is 65.2 Å². The van der Waals surface area contributed by atoms with E-state index < -0.39 is 0 Å². The first-order valence-corrected chi connectivity index (χ1v) is 9.64. The molecule has 3 aromatic rings. The van der Waals surface area contributed by atoms with Gasteiger partial charge in [0.05, 0.1) is 26.2 Å². The number of quaternary nitrogens is 1. The van der Waals surface area contributed by atoms with Crippen molar-refractivity contribution in [3.8, 4) is 11.3 Å². The first-order chi connectivity index (χ1) is 13.7. The van der Waals surface area contributed by atoms with Crippen LogP contribution in [-0.2, 0) is 4.79 Å². The summed E-state index contributed by atoms with van der Waals surface area (Å²) in [6, 6.07) is 20.2. The highest BCUT2D eigenvalue weighted by atomic mass is 16.5. The summed E-state index contributed by atoms with van der Waals surface area (Å²) in [6.45, 7) is 6.25. The van der Waals surface area contributed by atoms with Gasteiger partial charge in [0.1, 0.15) is 5.69 Å². The number of amides is 1. The van der Waals surface area contributed by atoms with E-state index >= 15 is 0 Å². The van der Waals surface area contributed by atoms with Crippen LogP contribution in [0.3, 0.4) is 0 Å². The van der Waals surface area contributed by atoms with Crippen LogP contribution in [0, 0.1) is 6.92 Å². The van der Waals surface area contributed by atoms with Gasteiger partial charge in [0.2, 0.25) is 5.88 Å². The Kier molecular flexibility index (Phi) is 5.39. The third-order valence-corrected chi connectivity index (χ3v) is 5.12. The minimum absolute atomic E-state index is 0.0465. The number of aromatic nitrogens is 1. The van der Waals surface area contributed by atoms with Crippen molar-refractivity contribution in [2.45, 2.75) is 6.92 Å². The lowest BCUT2D eigenvalue weighted by Gasteiger charge is -2.33. The maximum absolute atomic E-state index is 12.4. The zero-order chi connectivity index (χ0) is 19.3. The summed E-state index contributed by atoms with van der Waals surface area (Å²) in [5.74, 6) is 0.345. The van der Waals surface area contributed by atoms with Gasteiger partial charge in [-0.1, -0.05) is 53.2 Å². The van der Waals surface area contributed by atoms with Crippen molar-refractivity contribution >= 4 is 17.5 Å². The Hall–Kier alpha value is -3.12. The van der Waals surface area contributed by atoms with Gasteiger partial charge >= 0.3 is 0 Å². The maximum atomic E-state index is 12.4. The lowest BCUT2D eigenvalue weighted by molar-refractivity contribution is -0.892. The van der Waals surface area contributed by atoms with E-state index in [4.69, 9.17) is 4.52 Å². The molecule has 28 heavy (non-hydrogen) atoms. The van der Waals surface area contributed by atoms with E-state index in [-0.39, 0.29) is 5.91 Å². The molecule has 0 aliphatic carbocycles. The molecule has 1 saturated heterocycles. The van der Waals surface area contributed by atoms with Crippen LogP contribution < -0.4 is 15.1 Å². The summed E-state index contributed by atoms with van der Waals surface area (Å²) in [4.78, 5) is 16.0. The molecule has 6 nitrogen and oxygen atoms in total. The fraction of sp³-hybridized carbons (Fsp3) is 0.273. The van der Waals surface area contributed by atoms with Gasteiger partial charge < -0.3 is 14.3 Å². The molecule has 0 unspecified atom stereocenters. The molecule has 1 aromatic heterocycles. The zero-order valence-electron chi connectivity index (χ0n) is 16.0. The molecule has 144 valence electrons. The van der Waals surface area contributed by atoms with Crippen molar-refractivity contribution in [1.29, 1.82) is 0 Å². The zero-order valence-corrected chi connectivity index (χ0v) is 16.0. The van der Waals surface area contributed by atoms with Crippen LogP contribution in [0.2, 0.25) is 0 Å². The summed E-state index contributed by atoms with van der Waals surface area (Å²) in [6.07, 6.45) is 0. The fourth-order valence-corrected chi connectivity index (χ4v) is 3.50. The summed E-state index contributed by atoms with van der Waals surface area (Å²) < 4.78 is 5.28. The lowest BCUT2D eigenvalue weighted by Crippen LogP contribution is -3.15. The van der Waals surface area contributed by atoms with Crippen LogP contribution in [0.4, 0.5) is 11.6 Å². The molecule has 1 aliphatic rings. The largest absolute Gasteiger partial charge is 0.360 e. The molecule has 0 bridgehead atoms. The summed E-state index contributed by atoms with van der Waals surface area (Å²) in [7, 11) is 0. The second-order valence-corrected chi connectivity index (χ2v) is 7.24. The first kappa shape index (κ1) is 18.3. The van der Waals surface area contributed by atoms with Crippen molar-refractivity contribution in [1.82, 2.24) is 5.16 Å². The molecule has 0 atom stereocenters. The Morgan fingerprint density at radius 3 is 2.54 bits per heavy atom. The molecule has 2 aromatic carbocycles. The molecule has 0 saturated carbocycles. The summed E-state index contributed by atoms with van der Waals surface area (Å²) in [5, 5.41) is 6.89. The number of carbonyl (C=O) groups is 1. The number of piperazine rings is 1. The standard InChI is InChI=1S/C22H24N4O2/c1-17-7-9-18(10-8-17)20-15-22(28-24-20)23-21(27)16-25-11-13-26(14-12-25)19-5-3-2-4-6-19/h2-10,15H,11-14,16H2,1H3,(H,23,27)/p+1. The van der Waals surface area contributed by atoms with E-state index in [9.17, 15) is 4.79 Å². The van der Waals surface area contributed by atoms with E-state index in [1.54, 1.807) is 6.07 Å². The van der Waals surface area contributed by atoms with E-state index in [1.807, 2.05) is 37.3 Å². The molecular weight excluding hydrogens is 352 g/mol. The van der Waals surface area contributed by atoms with Gasteiger partial charge in [-0.05, 0) is 19.1 Å². The molecular formula is C22H25N4O2+. The molecule has 1 aliphatic heterocycles. The van der Waals surface area contributed by atoms with Crippen LogP contribution in [-0.4, -0.2) is 43.8 Å². The summed E-state index contributed by atoms with van der Waals surface area (Å²) >= 11 is 0. The third kappa shape index (κ3) is 4.40. The maximum Gasteiger partial charge on any atom is 0.281 e. The molecule has 2 heterocycles. The molecule has 1 fully saturated rings. The Balaban J connectivity index is 1.28. The van der Waals surface area contributed by atoms with E-state index in [1.165, 1.54) is 16.2 Å². The van der Waals surface area contributed by atoms with Gasteiger partial charge in [-0.2, -0.15) is 0 Å². The minimum atomic E-state index is -0.0465. The Bertz CT molecular complexity index is 913. The van der Waals surface area contributed by atoms with E-state index in [2.05, 4.69) is 39.6 Å². The molecule has 2 N–H and O–H groups in total. The quantitative estimate of drug-likeness (QED) is 0.714. The number of aryl methyl sites for hydroxylation is 1. The van der Waals surface area contributed by atoms with Crippen LogP contribution in [0.25, 0.3) is 11.3 Å². The van der Waals surface area contributed by atoms with Crippen molar-refractivity contribution in [2.24, 2.45) is 0 Å². The molecule has 6 heteroatoms.